The zero-order valence-corrected chi connectivity index (χ0v) is 13.5. The Morgan fingerprint density at radius 2 is 2.10 bits per heavy atom. The SMILES string of the molecule is COC1(C(O)Cc2nc3ccccc3s2)CCC(C)CC1. The van der Waals surface area contributed by atoms with Gasteiger partial charge in [0.1, 0.15) is 0 Å². The summed E-state index contributed by atoms with van der Waals surface area (Å²) in [6.45, 7) is 2.28. The third-order valence-electron chi connectivity index (χ3n) is 4.84. The van der Waals surface area contributed by atoms with E-state index in [2.05, 4.69) is 18.0 Å². The third kappa shape index (κ3) is 2.98. The molecule has 1 heterocycles. The number of aromatic nitrogens is 1. The molecule has 1 fully saturated rings. The van der Waals surface area contributed by atoms with Crippen LogP contribution in [0.5, 0.6) is 0 Å². The van der Waals surface area contributed by atoms with Gasteiger partial charge in [0.25, 0.3) is 0 Å². The largest absolute Gasteiger partial charge is 0.390 e. The van der Waals surface area contributed by atoms with Gasteiger partial charge in [0.2, 0.25) is 0 Å². The van der Waals surface area contributed by atoms with Gasteiger partial charge in [-0.3, -0.25) is 0 Å². The highest BCUT2D eigenvalue weighted by atomic mass is 32.1. The van der Waals surface area contributed by atoms with E-state index in [9.17, 15) is 5.11 Å². The van der Waals surface area contributed by atoms with Crippen molar-refractivity contribution in [1.82, 2.24) is 4.98 Å². The molecule has 1 aromatic heterocycles. The van der Waals surface area contributed by atoms with Crippen LogP contribution in [0.3, 0.4) is 0 Å². The van der Waals surface area contributed by atoms with Crippen molar-refractivity contribution in [2.75, 3.05) is 7.11 Å². The van der Waals surface area contributed by atoms with Crippen molar-refractivity contribution < 1.29 is 9.84 Å². The van der Waals surface area contributed by atoms with Gasteiger partial charge in [-0.25, -0.2) is 4.98 Å². The van der Waals surface area contributed by atoms with Gasteiger partial charge in [-0.15, -0.1) is 11.3 Å². The zero-order chi connectivity index (χ0) is 14.9. The van der Waals surface area contributed by atoms with E-state index in [0.29, 0.717) is 6.42 Å². The van der Waals surface area contributed by atoms with Gasteiger partial charge < -0.3 is 9.84 Å². The van der Waals surface area contributed by atoms with E-state index >= 15 is 0 Å². The van der Waals surface area contributed by atoms with Gasteiger partial charge in [-0.05, 0) is 43.7 Å². The molecule has 3 rings (SSSR count). The van der Waals surface area contributed by atoms with Crippen LogP contribution in [0.25, 0.3) is 10.2 Å². The number of methoxy groups -OCH3 is 1. The molecule has 2 aromatic rings. The van der Waals surface area contributed by atoms with Crippen molar-refractivity contribution in [1.29, 1.82) is 0 Å². The highest BCUT2D eigenvalue weighted by Crippen LogP contribution is 2.38. The molecule has 4 heteroatoms. The summed E-state index contributed by atoms with van der Waals surface area (Å²) in [5.41, 5.74) is 0.637. The number of benzene rings is 1. The lowest BCUT2D eigenvalue weighted by atomic mass is 9.75. The molecule has 1 aliphatic carbocycles. The Balaban J connectivity index is 1.76. The fourth-order valence-electron chi connectivity index (χ4n) is 3.28. The van der Waals surface area contributed by atoms with Crippen LogP contribution in [0.2, 0.25) is 0 Å². The number of rotatable bonds is 4. The normalized spacial score (nSPS) is 27.9. The highest BCUT2D eigenvalue weighted by molar-refractivity contribution is 7.18. The van der Waals surface area contributed by atoms with E-state index in [1.54, 1.807) is 18.4 Å². The molecule has 0 spiro atoms. The first-order valence-corrected chi connectivity index (χ1v) is 8.52. The Morgan fingerprint density at radius 3 is 2.76 bits per heavy atom. The van der Waals surface area contributed by atoms with Crippen LogP contribution in [0, 0.1) is 5.92 Å². The average molecular weight is 305 g/mol. The van der Waals surface area contributed by atoms with Crippen LogP contribution in [0.1, 0.15) is 37.6 Å². The van der Waals surface area contributed by atoms with Crippen LogP contribution >= 0.6 is 11.3 Å². The lowest BCUT2D eigenvalue weighted by Gasteiger charge is -2.41. The summed E-state index contributed by atoms with van der Waals surface area (Å²) >= 11 is 1.67. The Morgan fingerprint density at radius 1 is 1.38 bits per heavy atom. The van der Waals surface area contributed by atoms with Crippen LogP contribution in [0.15, 0.2) is 24.3 Å². The predicted octanol–water partition coefficient (Wildman–Crippen LogP) is 3.80. The number of thiazole rings is 1. The highest BCUT2D eigenvalue weighted by Gasteiger charge is 2.41. The molecular weight excluding hydrogens is 282 g/mol. The summed E-state index contributed by atoms with van der Waals surface area (Å²) in [6, 6.07) is 8.13. The van der Waals surface area contributed by atoms with Crippen LogP contribution < -0.4 is 0 Å². The Kier molecular flexibility index (Phi) is 4.29. The fourth-order valence-corrected chi connectivity index (χ4v) is 4.29. The van der Waals surface area contributed by atoms with Crippen molar-refractivity contribution in [3.05, 3.63) is 29.3 Å². The Bertz CT molecular complexity index is 569. The number of nitrogens with zero attached hydrogens (tertiary/aromatic N) is 1. The number of ether oxygens (including phenoxy) is 1. The molecular formula is C17H23NO2S. The molecule has 1 aliphatic rings. The first-order valence-electron chi connectivity index (χ1n) is 7.70. The second kappa shape index (κ2) is 6.03. The number of aliphatic hydroxyl groups is 1. The number of hydrogen-bond acceptors (Lipinski definition) is 4. The van der Waals surface area contributed by atoms with E-state index in [0.717, 1.165) is 42.1 Å². The smallest absolute Gasteiger partial charge is 0.0965 e. The molecule has 1 saturated carbocycles. The maximum atomic E-state index is 10.7. The quantitative estimate of drug-likeness (QED) is 0.934. The molecule has 0 saturated heterocycles. The van der Waals surface area contributed by atoms with Crippen molar-refractivity contribution >= 4 is 21.6 Å². The predicted molar refractivity (Wildman–Crippen MR) is 86.7 cm³/mol. The second-order valence-corrected chi connectivity index (χ2v) is 7.36. The molecule has 0 radical (unpaired) electrons. The lowest BCUT2D eigenvalue weighted by Crippen LogP contribution is -2.47. The number of hydrogen-bond donors (Lipinski definition) is 1. The summed E-state index contributed by atoms with van der Waals surface area (Å²) in [6.07, 6.45) is 4.25. The van der Waals surface area contributed by atoms with Gasteiger partial charge in [-0.1, -0.05) is 19.1 Å². The van der Waals surface area contributed by atoms with Crippen molar-refractivity contribution in [3.63, 3.8) is 0 Å². The van der Waals surface area contributed by atoms with Gasteiger partial charge >= 0.3 is 0 Å². The molecule has 21 heavy (non-hydrogen) atoms. The average Bonchev–Trinajstić information content (AvgIpc) is 2.90. The molecule has 0 aliphatic heterocycles. The van der Waals surface area contributed by atoms with Crippen LogP contribution in [-0.2, 0) is 11.2 Å². The second-order valence-electron chi connectivity index (χ2n) is 6.25. The summed E-state index contributed by atoms with van der Waals surface area (Å²) in [7, 11) is 1.73. The Labute approximate surface area is 130 Å². The number of fused-ring (bicyclic) bond motifs is 1. The zero-order valence-electron chi connectivity index (χ0n) is 12.7. The summed E-state index contributed by atoms with van der Waals surface area (Å²) < 4.78 is 6.95. The summed E-state index contributed by atoms with van der Waals surface area (Å²) in [4.78, 5) is 4.63. The minimum Gasteiger partial charge on any atom is -0.390 e. The van der Waals surface area contributed by atoms with E-state index in [-0.39, 0.29) is 5.60 Å². The van der Waals surface area contributed by atoms with Crippen molar-refractivity contribution in [2.45, 2.75) is 50.7 Å². The number of aliphatic hydroxyl groups excluding tert-OH is 1. The molecule has 0 bridgehead atoms. The standard InChI is InChI=1S/C17H23NO2S/c1-12-7-9-17(20-2,10-8-12)15(19)11-16-18-13-5-3-4-6-14(13)21-16/h3-6,12,15,19H,7-11H2,1-2H3. The van der Waals surface area contributed by atoms with Crippen LogP contribution in [0.4, 0.5) is 0 Å². The minimum atomic E-state index is -0.476. The molecule has 0 amide bonds. The summed E-state index contributed by atoms with van der Waals surface area (Å²) in [5, 5.41) is 11.7. The van der Waals surface area contributed by atoms with Gasteiger partial charge in [-0.2, -0.15) is 0 Å². The fraction of sp³-hybridized carbons (Fsp3) is 0.588. The van der Waals surface area contributed by atoms with E-state index in [1.165, 1.54) is 4.70 Å². The van der Waals surface area contributed by atoms with Gasteiger partial charge in [0, 0.05) is 13.5 Å². The van der Waals surface area contributed by atoms with Crippen molar-refractivity contribution in [3.8, 4) is 0 Å². The van der Waals surface area contributed by atoms with E-state index < -0.39 is 6.10 Å². The minimum absolute atomic E-state index is 0.385. The monoisotopic (exact) mass is 305 g/mol. The maximum absolute atomic E-state index is 10.7. The first-order chi connectivity index (χ1) is 10.1. The molecule has 1 unspecified atom stereocenters. The topological polar surface area (TPSA) is 42.4 Å². The lowest BCUT2D eigenvalue weighted by molar-refractivity contribution is -0.127. The van der Waals surface area contributed by atoms with E-state index in [1.807, 2.05) is 18.2 Å². The number of para-hydroxylation sites is 1. The Hall–Kier alpha value is -0.970. The molecule has 114 valence electrons. The van der Waals surface area contributed by atoms with Crippen molar-refractivity contribution in [2.24, 2.45) is 5.92 Å². The summed E-state index contributed by atoms with van der Waals surface area (Å²) in [5.74, 6) is 0.739. The molecule has 3 nitrogen and oxygen atoms in total. The van der Waals surface area contributed by atoms with E-state index in [4.69, 9.17) is 4.74 Å². The third-order valence-corrected chi connectivity index (χ3v) is 5.90. The van der Waals surface area contributed by atoms with Gasteiger partial charge in [0.15, 0.2) is 0 Å². The maximum Gasteiger partial charge on any atom is 0.0965 e. The van der Waals surface area contributed by atoms with Gasteiger partial charge in [0.05, 0.1) is 26.9 Å². The molecule has 1 N–H and O–H groups in total. The molecule has 1 aromatic carbocycles. The molecule has 1 atom stereocenters. The van der Waals surface area contributed by atoms with Crippen LogP contribution in [-0.4, -0.2) is 28.9 Å². The first kappa shape index (κ1) is 14.9.